The number of pyridine rings is 1. The van der Waals surface area contributed by atoms with Gasteiger partial charge in [0.05, 0.1) is 7.11 Å². The summed E-state index contributed by atoms with van der Waals surface area (Å²) in [6.45, 7) is 0.583. The van der Waals surface area contributed by atoms with Crippen molar-refractivity contribution in [3.8, 4) is 16.9 Å². The molecule has 142 valence electrons. The molecule has 0 aliphatic carbocycles. The second kappa shape index (κ2) is 7.20. The normalized spacial score (nSPS) is 11.1. The van der Waals surface area contributed by atoms with Crippen LogP contribution in [0.2, 0.25) is 0 Å². The molecule has 5 rings (SSSR count). The van der Waals surface area contributed by atoms with Crippen LogP contribution in [0.3, 0.4) is 0 Å². The fraction of sp³-hybridized carbons (Fsp3) is 0.0909. The summed E-state index contributed by atoms with van der Waals surface area (Å²) in [4.78, 5) is 12.0. The van der Waals surface area contributed by atoms with Crippen molar-refractivity contribution in [1.29, 1.82) is 0 Å². The number of aromatic nitrogens is 5. The van der Waals surface area contributed by atoms with Gasteiger partial charge in [0.15, 0.2) is 5.65 Å². The molecule has 7 nitrogen and oxygen atoms in total. The van der Waals surface area contributed by atoms with Gasteiger partial charge in [-0.25, -0.2) is 0 Å². The van der Waals surface area contributed by atoms with Crippen molar-refractivity contribution in [3.05, 3.63) is 72.6 Å². The average Bonchev–Trinajstić information content (AvgIpc) is 3.15. The molecule has 7 heteroatoms. The molecule has 0 fully saturated rings. The zero-order chi connectivity index (χ0) is 19.6. The summed E-state index contributed by atoms with van der Waals surface area (Å²) in [6, 6.07) is 18.0. The van der Waals surface area contributed by atoms with Gasteiger partial charge in [0.25, 0.3) is 0 Å². The maximum atomic E-state index is 5.30. The number of nitrogens with zero attached hydrogens (tertiary/aromatic N) is 4. The lowest BCUT2D eigenvalue weighted by Crippen LogP contribution is -2.05. The first-order valence-corrected chi connectivity index (χ1v) is 9.24. The van der Waals surface area contributed by atoms with Crippen molar-refractivity contribution in [2.45, 2.75) is 6.54 Å². The summed E-state index contributed by atoms with van der Waals surface area (Å²) in [6.07, 6.45) is 3.59. The molecule has 3 heterocycles. The van der Waals surface area contributed by atoms with Gasteiger partial charge in [0, 0.05) is 29.8 Å². The number of aromatic amines is 1. The number of hydrogen-bond acceptors (Lipinski definition) is 6. The Kier molecular flexibility index (Phi) is 4.25. The lowest BCUT2D eigenvalue weighted by Gasteiger charge is -2.10. The van der Waals surface area contributed by atoms with E-state index in [1.165, 1.54) is 0 Å². The number of nitrogens with one attached hydrogen (secondary N) is 2. The molecular formula is C22H18N6O. The zero-order valence-corrected chi connectivity index (χ0v) is 15.8. The predicted octanol–water partition coefficient (Wildman–Crippen LogP) is 4.19. The highest BCUT2D eigenvalue weighted by atomic mass is 16.5. The topological polar surface area (TPSA) is 88.6 Å². The zero-order valence-electron chi connectivity index (χ0n) is 15.8. The SMILES string of the molecule is COc1ccc2[nH]c3nc(NCc4ccccc4-c4ccncc4)nnc3c2c1. The Labute approximate surface area is 166 Å². The Hall–Kier alpha value is -4.00. The largest absolute Gasteiger partial charge is 0.497 e. The Morgan fingerprint density at radius 3 is 2.72 bits per heavy atom. The van der Waals surface area contributed by atoms with Crippen molar-refractivity contribution in [2.75, 3.05) is 12.4 Å². The third-order valence-electron chi connectivity index (χ3n) is 4.87. The van der Waals surface area contributed by atoms with E-state index in [1.807, 2.05) is 42.5 Å². The predicted molar refractivity (Wildman–Crippen MR) is 113 cm³/mol. The van der Waals surface area contributed by atoms with E-state index in [9.17, 15) is 0 Å². The fourth-order valence-corrected chi connectivity index (χ4v) is 3.41. The van der Waals surface area contributed by atoms with Crippen molar-refractivity contribution in [1.82, 2.24) is 25.1 Å². The van der Waals surface area contributed by atoms with Gasteiger partial charge < -0.3 is 15.0 Å². The van der Waals surface area contributed by atoms with Crippen LogP contribution in [0.5, 0.6) is 5.75 Å². The summed E-state index contributed by atoms with van der Waals surface area (Å²) in [5, 5.41) is 12.9. The fourth-order valence-electron chi connectivity index (χ4n) is 3.41. The quantitative estimate of drug-likeness (QED) is 0.474. The molecule has 0 saturated carbocycles. The molecule has 2 aromatic carbocycles. The van der Waals surface area contributed by atoms with Crippen LogP contribution in [0.15, 0.2) is 67.0 Å². The monoisotopic (exact) mass is 382 g/mol. The molecule has 29 heavy (non-hydrogen) atoms. The molecule has 0 aliphatic heterocycles. The Morgan fingerprint density at radius 1 is 1.00 bits per heavy atom. The summed E-state index contributed by atoms with van der Waals surface area (Å²) in [5.74, 6) is 1.25. The number of fused-ring (bicyclic) bond motifs is 3. The van der Waals surface area contributed by atoms with Gasteiger partial charge in [0.2, 0.25) is 5.95 Å². The highest BCUT2D eigenvalue weighted by Crippen LogP contribution is 2.27. The van der Waals surface area contributed by atoms with E-state index in [1.54, 1.807) is 19.5 Å². The van der Waals surface area contributed by atoms with Crippen molar-refractivity contribution < 1.29 is 4.74 Å². The molecule has 0 aliphatic rings. The summed E-state index contributed by atoms with van der Waals surface area (Å²) in [7, 11) is 1.64. The van der Waals surface area contributed by atoms with Gasteiger partial charge in [-0.1, -0.05) is 24.3 Å². The smallest absolute Gasteiger partial charge is 0.245 e. The Balaban J connectivity index is 1.44. The molecular weight excluding hydrogens is 364 g/mol. The standard InChI is InChI=1S/C22H18N6O/c1-29-16-6-7-19-18(12-16)20-21(25-19)26-22(28-27-20)24-13-15-4-2-3-5-17(15)14-8-10-23-11-9-14/h2-12H,13H2,1H3,(H2,24,25,26,28). The molecule has 0 atom stereocenters. The van der Waals surface area contributed by atoms with Crippen molar-refractivity contribution in [3.63, 3.8) is 0 Å². The first-order valence-electron chi connectivity index (χ1n) is 9.24. The van der Waals surface area contributed by atoms with Crippen molar-refractivity contribution in [2.24, 2.45) is 0 Å². The van der Waals surface area contributed by atoms with Crippen LogP contribution in [-0.2, 0) is 6.54 Å². The minimum atomic E-state index is 0.473. The second-order valence-electron chi connectivity index (χ2n) is 6.62. The highest BCUT2D eigenvalue weighted by molar-refractivity contribution is 6.03. The number of rotatable bonds is 5. The highest BCUT2D eigenvalue weighted by Gasteiger charge is 2.11. The number of anilines is 1. The molecule has 0 amide bonds. The maximum absolute atomic E-state index is 5.30. The van der Waals surface area contributed by atoms with E-state index < -0.39 is 0 Å². The van der Waals surface area contributed by atoms with Crippen LogP contribution in [-0.4, -0.2) is 32.3 Å². The van der Waals surface area contributed by atoms with Crippen LogP contribution in [0.25, 0.3) is 33.2 Å². The van der Waals surface area contributed by atoms with E-state index in [4.69, 9.17) is 4.74 Å². The average molecular weight is 382 g/mol. The van der Waals surface area contributed by atoms with E-state index in [0.29, 0.717) is 18.1 Å². The molecule has 0 saturated heterocycles. The number of ether oxygens (including phenoxy) is 1. The van der Waals surface area contributed by atoms with Gasteiger partial charge in [-0.15, -0.1) is 10.2 Å². The van der Waals surface area contributed by atoms with Gasteiger partial charge >= 0.3 is 0 Å². The lowest BCUT2D eigenvalue weighted by atomic mass is 10.0. The lowest BCUT2D eigenvalue weighted by molar-refractivity contribution is 0.415. The van der Waals surface area contributed by atoms with E-state index >= 15 is 0 Å². The molecule has 0 unspecified atom stereocenters. The summed E-state index contributed by atoms with van der Waals surface area (Å²) in [5.41, 5.74) is 5.77. The van der Waals surface area contributed by atoms with Gasteiger partial charge in [-0.2, -0.15) is 4.98 Å². The number of benzene rings is 2. The minimum Gasteiger partial charge on any atom is -0.497 e. The van der Waals surface area contributed by atoms with E-state index in [-0.39, 0.29) is 0 Å². The Bertz CT molecular complexity index is 1300. The molecule has 0 spiro atoms. The van der Waals surface area contributed by atoms with Gasteiger partial charge in [0.1, 0.15) is 11.3 Å². The molecule has 0 radical (unpaired) electrons. The van der Waals surface area contributed by atoms with Crippen LogP contribution in [0, 0.1) is 0 Å². The second-order valence-corrected chi connectivity index (χ2v) is 6.62. The van der Waals surface area contributed by atoms with E-state index in [0.717, 1.165) is 38.9 Å². The van der Waals surface area contributed by atoms with Crippen LogP contribution in [0.4, 0.5) is 5.95 Å². The molecule has 2 N–H and O–H groups in total. The third kappa shape index (κ3) is 3.23. The van der Waals surface area contributed by atoms with Crippen LogP contribution >= 0.6 is 0 Å². The molecule has 0 bridgehead atoms. The summed E-state index contributed by atoms with van der Waals surface area (Å²) >= 11 is 0. The van der Waals surface area contributed by atoms with Gasteiger partial charge in [-0.05, 0) is 47.0 Å². The first-order chi connectivity index (χ1) is 14.3. The maximum Gasteiger partial charge on any atom is 0.245 e. The minimum absolute atomic E-state index is 0.473. The first kappa shape index (κ1) is 17.1. The molecule has 3 aromatic heterocycles. The van der Waals surface area contributed by atoms with E-state index in [2.05, 4.69) is 42.6 Å². The third-order valence-corrected chi connectivity index (χ3v) is 4.87. The number of H-pyrrole nitrogens is 1. The van der Waals surface area contributed by atoms with Crippen LogP contribution < -0.4 is 10.1 Å². The molecule has 5 aromatic rings. The summed E-state index contributed by atoms with van der Waals surface area (Å²) < 4.78 is 5.30. The van der Waals surface area contributed by atoms with Crippen LogP contribution in [0.1, 0.15) is 5.56 Å². The number of hydrogen-bond donors (Lipinski definition) is 2. The number of methoxy groups -OCH3 is 1. The Morgan fingerprint density at radius 2 is 1.86 bits per heavy atom. The van der Waals surface area contributed by atoms with Gasteiger partial charge in [-0.3, -0.25) is 4.98 Å². The van der Waals surface area contributed by atoms with Crippen molar-refractivity contribution >= 4 is 28.0 Å².